The molecule has 0 nitrogen and oxygen atoms in total. The molecule has 5 heterocycles. The van der Waals surface area contributed by atoms with E-state index in [9.17, 15) is 0 Å². The summed E-state index contributed by atoms with van der Waals surface area (Å²) >= 11 is 0. The van der Waals surface area contributed by atoms with Gasteiger partial charge in [-0.3, -0.25) is 0 Å². The van der Waals surface area contributed by atoms with Gasteiger partial charge in [0.2, 0.25) is 0 Å². The SMILES string of the molecule is C[C@@H]1CC[C@@H](C)[P+]12C[P+]1(c3cc(Cc4ccc([P+]5(C)[C@@H](C)CC[C@@H]5C)c([P+]5(C)[C@@H](C)CC[C@@H]5C)c4)ccc32)[C@H](C)CC[C@H]1C. The highest BCUT2D eigenvalue weighted by atomic mass is 31.2. The van der Waals surface area contributed by atoms with Gasteiger partial charge < -0.3 is 0 Å². The molecule has 8 atom stereocenters. The van der Waals surface area contributed by atoms with Crippen molar-refractivity contribution in [1.29, 1.82) is 0 Å². The molecule has 0 unspecified atom stereocenters. The van der Waals surface area contributed by atoms with E-state index in [2.05, 4.69) is 105 Å². The minimum Gasteiger partial charge on any atom is -0.0545 e. The lowest BCUT2D eigenvalue weighted by Gasteiger charge is -2.34. The minimum atomic E-state index is -1.22. The predicted octanol–water partition coefficient (Wildman–Crippen LogP) is 10.4. The lowest BCUT2D eigenvalue weighted by molar-refractivity contribution is 0.777. The molecule has 4 heteroatoms. The van der Waals surface area contributed by atoms with E-state index in [4.69, 9.17) is 0 Å². The summed E-state index contributed by atoms with van der Waals surface area (Å²) in [6.07, 6.45) is 12.8. The molecule has 44 heavy (non-hydrogen) atoms. The van der Waals surface area contributed by atoms with Crippen molar-refractivity contribution in [3.63, 3.8) is 0 Å². The number of hydrogen-bond acceptors (Lipinski definition) is 0. The molecule has 4 fully saturated rings. The molecule has 5 aliphatic rings. The lowest BCUT2D eigenvalue weighted by atomic mass is 10.1. The van der Waals surface area contributed by atoms with Crippen molar-refractivity contribution in [3.8, 4) is 0 Å². The van der Waals surface area contributed by atoms with Gasteiger partial charge in [-0.2, -0.15) is 0 Å². The van der Waals surface area contributed by atoms with E-state index in [1.54, 1.807) is 17.0 Å². The van der Waals surface area contributed by atoms with Gasteiger partial charge in [0.1, 0.15) is 21.2 Å². The molecule has 2 aromatic carbocycles. The van der Waals surface area contributed by atoms with E-state index in [0.717, 1.165) is 51.7 Å². The molecule has 0 bridgehead atoms. The molecule has 0 aliphatic carbocycles. The molecule has 240 valence electrons. The molecule has 2 spiro atoms. The largest absolute Gasteiger partial charge is 0.170 e. The van der Waals surface area contributed by atoms with Crippen LogP contribution in [0, 0.1) is 0 Å². The lowest BCUT2D eigenvalue weighted by Crippen LogP contribution is -2.38. The fraction of sp³-hybridized carbons (Fsp3) is 0.700. The van der Waals surface area contributed by atoms with Crippen LogP contribution in [0.1, 0.15) is 118 Å². The zero-order valence-electron chi connectivity index (χ0n) is 29.9. The van der Waals surface area contributed by atoms with Gasteiger partial charge in [0, 0.05) is 0 Å². The van der Waals surface area contributed by atoms with Crippen LogP contribution < -0.4 is 21.2 Å². The molecular weight excluding hydrogens is 604 g/mol. The minimum absolute atomic E-state index is 0.872. The normalized spacial score (nSPS) is 37.8. The van der Waals surface area contributed by atoms with Crippen molar-refractivity contribution in [2.45, 2.75) is 158 Å². The topological polar surface area (TPSA) is 0 Å². The van der Waals surface area contributed by atoms with Crippen LogP contribution in [-0.4, -0.2) is 64.5 Å². The quantitative estimate of drug-likeness (QED) is 0.285. The monoisotopic (exact) mass is 668 g/mol. The third kappa shape index (κ3) is 4.35. The van der Waals surface area contributed by atoms with Crippen LogP contribution in [0.25, 0.3) is 0 Å². The average molecular weight is 669 g/mol. The van der Waals surface area contributed by atoms with E-state index >= 15 is 0 Å². The maximum atomic E-state index is 2.84. The van der Waals surface area contributed by atoms with Gasteiger partial charge in [0.25, 0.3) is 0 Å². The second kappa shape index (κ2) is 11.4. The number of fused-ring (bicyclic) bond motifs is 3. The molecular formula is C40H64P4+4. The highest BCUT2D eigenvalue weighted by Gasteiger charge is 2.74. The van der Waals surface area contributed by atoms with Crippen molar-refractivity contribution in [2.75, 3.05) is 19.2 Å². The molecule has 0 radical (unpaired) electrons. The van der Waals surface area contributed by atoms with Gasteiger partial charge in [-0.25, -0.2) is 0 Å². The van der Waals surface area contributed by atoms with Crippen molar-refractivity contribution in [2.24, 2.45) is 0 Å². The van der Waals surface area contributed by atoms with Gasteiger partial charge >= 0.3 is 0 Å². The first-order valence-electron chi connectivity index (χ1n) is 18.6. The molecule has 2 aromatic rings. The Kier molecular flexibility index (Phi) is 8.44. The summed E-state index contributed by atoms with van der Waals surface area (Å²) in [5.74, 6) is 1.64. The van der Waals surface area contributed by atoms with Crippen LogP contribution in [0.2, 0.25) is 0 Å². The van der Waals surface area contributed by atoms with Gasteiger partial charge in [0.15, 0.2) is 5.90 Å². The molecule has 0 N–H and O–H groups in total. The van der Waals surface area contributed by atoms with Gasteiger partial charge in [-0.15, -0.1) is 0 Å². The summed E-state index contributed by atoms with van der Waals surface area (Å²) in [5.41, 5.74) is 10.5. The Bertz CT molecular complexity index is 1390. The standard InChI is InChI=1S/C40H64P4/c1-27-11-12-28(2)41(27,9)37-21-19-35(24-39(37)42(10)29(3)13-14-30(42)4)23-36-20-22-38-40(25-36)44(33(7)17-18-34(44)8)26-43(38)31(5)15-16-32(43)6/h19-22,24-25,27-34H,11-18,23,26H2,1-10H3/q+4/t27-,28-,29-,30-,31+,32+,33+,34+/m0/s1. The van der Waals surface area contributed by atoms with Crippen molar-refractivity contribution >= 4 is 50.3 Å². The summed E-state index contributed by atoms with van der Waals surface area (Å²) in [5, 5.41) is 7.62. The Morgan fingerprint density at radius 2 is 0.773 bits per heavy atom. The molecule has 7 rings (SSSR count). The summed E-state index contributed by atoms with van der Waals surface area (Å²) in [6, 6.07) is 16.3. The molecule has 4 saturated heterocycles. The van der Waals surface area contributed by atoms with Crippen molar-refractivity contribution < 1.29 is 0 Å². The number of hydrogen-bond donors (Lipinski definition) is 0. The average Bonchev–Trinajstić information content (AvgIpc) is 3.73. The van der Waals surface area contributed by atoms with Gasteiger partial charge in [-0.05, 0) is 149 Å². The summed E-state index contributed by atoms with van der Waals surface area (Å²) in [6.45, 7) is 26.6. The maximum absolute atomic E-state index is 2.84. The van der Waals surface area contributed by atoms with Crippen LogP contribution in [0.4, 0.5) is 0 Å². The Morgan fingerprint density at radius 3 is 1.23 bits per heavy atom. The predicted molar refractivity (Wildman–Crippen MR) is 211 cm³/mol. The summed E-state index contributed by atoms with van der Waals surface area (Å²) < 4.78 is 0. The number of rotatable bonds is 4. The van der Waals surface area contributed by atoms with Crippen molar-refractivity contribution in [3.05, 3.63) is 47.5 Å². The summed E-state index contributed by atoms with van der Waals surface area (Å²) in [7, 11) is -4.61. The zero-order valence-corrected chi connectivity index (χ0v) is 33.5. The van der Waals surface area contributed by atoms with Crippen LogP contribution in [0.3, 0.4) is 0 Å². The Labute approximate surface area is 274 Å². The van der Waals surface area contributed by atoms with Crippen LogP contribution in [0.5, 0.6) is 0 Å². The third-order valence-corrected chi connectivity index (χ3v) is 40.9. The first-order valence-corrected chi connectivity index (χ1v) is 27.5. The number of benzene rings is 2. The first-order chi connectivity index (χ1) is 20.8. The highest BCUT2D eigenvalue weighted by molar-refractivity contribution is 8.04. The van der Waals surface area contributed by atoms with E-state index < -0.39 is 29.0 Å². The Hall–Kier alpha value is 0.160. The maximum Gasteiger partial charge on any atom is 0.170 e. The van der Waals surface area contributed by atoms with Crippen LogP contribution in [0.15, 0.2) is 36.4 Å². The molecule has 0 aromatic heterocycles. The Morgan fingerprint density at radius 1 is 0.432 bits per heavy atom. The molecule has 0 amide bonds. The zero-order chi connectivity index (χ0) is 31.4. The molecule has 0 saturated carbocycles. The highest BCUT2D eigenvalue weighted by Crippen LogP contribution is 2.89. The second-order valence-corrected chi connectivity index (χ2v) is 35.6. The van der Waals surface area contributed by atoms with Crippen molar-refractivity contribution in [1.82, 2.24) is 0 Å². The van der Waals surface area contributed by atoms with Crippen LogP contribution >= 0.6 is 29.0 Å². The van der Waals surface area contributed by atoms with E-state index in [1.807, 2.05) is 21.2 Å². The van der Waals surface area contributed by atoms with Gasteiger partial charge in [0.05, 0.1) is 87.7 Å². The van der Waals surface area contributed by atoms with Crippen LogP contribution in [-0.2, 0) is 6.42 Å². The van der Waals surface area contributed by atoms with E-state index in [-0.39, 0.29) is 0 Å². The second-order valence-electron chi connectivity index (χ2n) is 17.2. The fourth-order valence-electron chi connectivity index (χ4n) is 11.7. The third-order valence-electron chi connectivity index (χ3n) is 15.7. The molecule has 5 aliphatic heterocycles. The fourth-order valence-corrected chi connectivity index (χ4v) is 39.1. The summed E-state index contributed by atoms with van der Waals surface area (Å²) in [4.78, 5) is 0. The van der Waals surface area contributed by atoms with E-state index in [0.29, 0.717) is 0 Å². The first kappa shape index (κ1) is 32.7. The Balaban J connectivity index is 1.33. The van der Waals surface area contributed by atoms with E-state index in [1.165, 1.54) is 51.4 Å². The van der Waals surface area contributed by atoms with Gasteiger partial charge in [-0.1, -0.05) is 12.1 Å². The smallest absolute Gasteiger partial charge is 0.0545 e.